The molecular formula is C20H18N4S. The molecule has 0 aliphatic heterocycles. The van der Waals surface area contributed by atoms with E-state index in [1.54, 1.807) is 17.5 Å². The molecule has 3 heterocycles. The summed E-state index contributed by atoms with van der Waals surface area (Å²) in [5, 5.41) is 6.74. The molecule has 1 N–H and O–H groups in total. The molecule has 4 rings (SSSR count). The van der Waals surface area contributed by atoms with Crippen LogP contribution >= 0.6 is 11.3 Å². The first-order valence-corrected chi connectivity index (χ1v) is 9.14. The number of aromatic nitrogens is 3. The van der Waals surface area contributed by atoms with Gasteiger partial charge in [-0.1, -0.05) is 36.4 Å². The summed E-state index contributed by atoms with van der Waals surface area (Å²) in [7, 11) is 0. The van der Waals surface area contributed by atoms with Gasteiger partial charge in [0.15, 0.2) is 5.82 Å². The second-order valence-electron chi connectivity index (χ2n) is 5.87. The van der Waals surface area contributed by atoms with E-state index >= 15 is 0 Å². The number of thiophene rings is 1. The van der Waals surface area contributed by atoms with E-state index in [0.29, 0.717) is 5.82 Å². The highest BCUT2D eigenvalue weighted by molar-refractivity contribution is 7.17. The molecule has 4 nitrogen and oxygen atoms in total. The number of pyridine rings is 1. The molecule has 5 heteroatoms. The molecule has 25 heavy (non-hydrogen) atoms. The zero-order valence-corrected chi connectivity index (χ0v) is 14.8. The van der Waals surface area contributed by atoms with Crippen LogP contribution in [0.4, 0.5) is 5.82 Å². The van der Waals surface area contributed by atoms with Crippen LogP contribution in [-0.4, -0.2) is 21.5 Å². The van der Waals surface area contributed by atoms with E-state index in [-0.39, 0.29) is 0 Å². The Morgan fingerprint density at radius 3 is 2.64 bits per heavy atom. The molecule has 0 aliphatic rings. The van der Waals surface area contributed by atoms with Crippen molar-refractivity contribution in [3.8, 4) is 11.5 Å². The smallest absolute Gasteiger partial charge is 0.181 e. The van der Waals surface area contributed by atoms with Crippen molar-refractivity contribution in [2.75, 3.05) is 11.9 Å². The van der Waals surface area contributed by atoms with Crippen LogP contribution in [0, 0.1) is 6.92 Å². The Kier molecular flexibility index (Phi) is 4.39. The van der Waals surface area contributed by atoms with Crippen LogP contribution in [0.15, 0.2) is 60.1 Å². The maximum Gasteiger partial charge on any atom is 0.181 e. The third-order valence-electron chi connectivity index (χ3n) is 4.06. The first-order valence-electron chi connectivity index (χ1n) is 8.26. The van der Waals surface area contributed by atoms with Crippen molar-refractivity contribution >= 4 is 27.4 Å². The Morgan fingerprint density at radius 1 is 1.00 bits per heavy atom. The summed E-state index contributed by atoms with van der Waals surface area (Å²) in [6, 6.07) is 16.3. The number of aryl methyl sites for hydroxylation is 1. The number of rotatable bonds is 5. The minimum Gasteiger partial charge on any atom is -0.369 e. The summed E-state index contributed by atoms with van der Waals surface area (Å²) in [5.41, 5.74) is 3.31. The average molecular weight is 346 g/mol. The van der Waals surface area contributed by atoms with Gasteiger partial charge in [-0.05, 0) is 42.0 Å². The van der Waals surface area contributed by atoms with E-state index in [9.17, 15) is 0 Å². The number of fused-ring (bicyclic) bond motifs is 1. The van der Waals surface area contributed by atoms with E-state index in [4.69, 9.17) is 9.97 Å². The highest BCUT2D eigenvalue weighted by Gasteiger charge is 2.13. The lowest BCUT2D eigenvalue weighted by atomic mass is 10.1. The molecule has 124 valence electrons. The summed E-state index contributed by atoms with van der Waals surface area (Å²) < 4.78 is 0. The zero-order chi connectivity index (χ0) is 17.1. The van der Waals surface area contributed by atoms with Crippen LogP contribution in [0.1, 0.15) is 11.1 Å². The highest BCUT2D eigenvalue weighted by Crippen LogP contribution is 2.31. The fourth-order valence-corrected chi connectivity index (χ4v) is 3.71. The largest absolute Gasteiger partial charge is 0.369 e. The Balaban J connectivity index is 1.65. The van der Waals surface area contributed by atoms with Crippen LogP contribution in [0.3, 0.4) is 0 Å². The van der Waals surface area contributed by atoms with Crippen molar-refractivity contribution in [1.82, 2.24) is 15.0 Å². The second kappa shape index (κ2) is 6.99. The van der Waals surface area contributed by atoms with Crippen LogP contribution in [0.2, 0.25) is 0 Å². The van der Waals surface area contributed by atoms with Gasteiger partial charge in [-0.2, -0.15) is 0 Å². The molecule has 0 aliphatic carbocycles. The third-order valence-corrected chi connectivity index (χ3v) is 5.05. The van der Waals surface area contributed by atoms with Gasteiger partial charge in [0.25, 0.3) is 0 Å². The van der Waals surface area contributed by atoms with Crippen LogP contribution < -0.4 is 5.32 Å². The number of nitrogens with zero attached hydrogens (tertiary/aromatic N) is 3. The lowest BCUT2D eigenvalue weighted by molar-refractivity contribution is 1.01. The quantitative estimate of drug-likeness (QED) is 0.568. The van der Waals surface area contributed by atoms with Crippen molar-refractivity contribution in [3.63, 3.8) is 0 Å². The fraction of sp³-hybridized carbons (Fsp3) is 0.150. The number of anilines is 1. The number of benzene rings is 1. The summed E-state index contributed by atoms with van der Waals surface area (Å²) in [6.45, 7) is 2.93. The number of hydrogen-bond donors (Lipinski definition) is 1. The Labute approximate surface area is 150 Å². The molecule has 0 atom stereocenters. The lowest BCUT2D eigenvalue weighted by Crippen LogP contribution is -2.08. The maximum absolute atomic E-state index is 4.76. The molecule has 4 aromatic rings. The predicted octanol–water partition coefficient (Wildman–Crippen LogP) is 4.72. The Hall–Kier alpha value is -2.79. The summed E-state index contributed by atoms with van der Waals surface area (Å²) in [4.78, 5) is 14.8. The summed E-state index contributed by atoms with van der Waals surface area (Å²) >= 11 is 1.65. The fourth-order valence-electron chi connectivity index (χ4n) is 2.79. The van der Waals surface area contributed by atoms with Crippen LogP contribution in [0.5, 0.6) is 0 Å². The summed E-state index contributed by atoms with van der Waals surface area (Å²) in [6.07, 6.45) is 2.72. The van der Waals surface area contributed by atoms with Crippen molar-refractivity contribution in [2.24, 2.45) is 0 Å². The van der Waals surface area contributed by atoms with Gasteiger partial charge in [0, 0.05) is 12.7 Å². The van der Waals surface area contributed by atoms with Gasteiger partial charge in [0.05, 0.1) is 5.39 Å². The molecule has 1 aromatic carbocycles. The third kappa shape index (κ3) is 3.37. The van der Waals surface area contributed by atoms with E-state index in [1.807, 2.05) is 24.3 Å². The van der Waals surface area contributed by atoms with Gasteiger partial charge < -0.3 is 5.32 Å². The maximum atomic E-state index is 4.76. The van der Waals surface area contributed by atoms with E-state index in [1.165, 1.54) is 11.1 Å². The molecule has 0 amide bonds. The molecule has 3 aromatic heterocycles. The van der Waals surface area contributed by atoms with Crippen molar-refractivity contribution in [3.05, 3.63) is 71.2 Å². The minimum absolute atomic E-state index is 0.664. The number of hydrogen-bond acceptors (Lipinski definition) is 5. The summed E-state index contributed by atoms with van der Waals surface area (Å²) in [5.74, 6) is 1.55. The van der Waals surface area contributed by atoms with Gasteiger partial charge >= 0.3 is 0 Å². The monoisotopic (exact) mass is 346 g/mol. The first kappa shape index (κ1) is 15.7. The Bertz CT molecular complexity index is 981. The average Bonchev–Trinajstić information content (AvgIpc) is 3.04. The van der Waals surface area contributed by atoms with Gasteiger partial charge in [0.1, 0.15) is 16.3 Å². The van der Waals surface area contributed by atoms with Crippen molar-refractivity contribution in [1.29, 1.82) is 0 Å². The van der Waals surface area contributed by atoms with Crippen molar-refractivity contribution in [2.45, 2.75) is 13.3 Å². The first-order chi connectivity index (χ1) is 12.3. The molecular weight excluding hydrogens is 328 g/mol. The normalized spacial score (nSPS) is 10.9. The molecule has 0 spiro atoms. The molecule has 0 unspecified atom stereocenters. The van der Waals surface area contributed by atoms with E-state index in [2.05, 4.69) is 46.9 Å². The topological polar surface area (TPSA) is 50.7 Å². The molecule has 0 saturated carbocycles. The zero-order valence-electron chi connectivity index (χ0n) is 13.9. The predicted molar refractivity (Wildman–Crippen MR) is 104 cm³/mol. The van der Waals surface area contributed by atoms with E-state index < -0.39 is 0 Å². The second-order valence-corrected chi connectivity index (χ2v) is 6.73. The highest BCUT2D eigenvalue weighted by atomic mass is 32.1. The molecule has 0 fully saturated rings. The van der Waals surface area contributed by atoms with E-state index in [0.717, 1.165) is 34.7 Å². The molecule has 0 radical (unpaired) electrons. The molecule has 0 saturated heterocycles. The van der Waals surface area contributed by atoms with Crippen LogP contribution in [0.25, 0.3) is 21.7 Å². The van der Waals surface area contributed by atoms with Gasteiger partial charge in [-0.25, -0.2) is 9.97 Å². The van der Waals surface area contributed by atoms with Gasteiger partial charge in [0.2, 0.25) is 0 Å². The SMILES string of the molecule is Cc1csc2nc(-c3ccccn3)nc(NCCc3ccccc3)c12. The van der Waals surface area contributed by atoms with Gasteiger partial charge in [-0.15, -0.1) is 11.3 Å². The van der Waals surface area contributed by atoms with Crippen LogP contribution in [-0.2, 0) is 6.42 Å². The standard InChI is InChI=1S/C20H18N4S/c1-14-13-25-20-17(14)19(22-12-10-15-7-3-2-4-8-15)23-18(24-20)16-9-5-6-11-21-16/h2-9,11,13H,10,12H2,1H3,(H,22,23,24). The van der Waals surface area contributed by atoms with Gasteiger partial charge in [-0.3, -0.25) is 4.98 Å². The lowest BCUT2D eigenvalue weighted by Gasteiger charge is -2.10. The minimum atomic E-state index is 0.664. The Morgan fingerprint density at radius 2 is 1.84 bits per heavy atom. The number of nitrogens with one attached hydrogen (secondary N) is 1. The van der Waals surface area contributed by atoms with Crippen molar-refractivity contribution < 1.29 is 0 Å². The molecule has 0 bridgehead atoms.